The number of alkyl halides is 2. The molecule has 0 aliphatic carbocycles. The third kappa shape index (κ3) is 8.74. The van der Waals surface area contributed by atoms with E-state index in [-0.39, 0.29) is 36.0 Å². The van der Waals surface area contributed by atoms with E-state index in [1.807, 2.05) is 0 Å². The second kappa shape index (κ2) is 14.6. The summed E-state index contributed by atoms with van der Waals surface area (Å²) in [5, 5.41) is 3.17. The van der Waals surface area contributed by atoms with Gasteiger partial charge >= 0.3 is 12.7 Å². The molecule has 2 aromatic heterocycles. The lowest BCUT2D eigenvalue weighted by molar-refractivity contribution is -0.131. The van der Waals surface area contributed by atoms with Crippen LogP contribution < -0.4 is 20.7 Å². The van der Waals surface area contributed by atoms with Gasteiger partial charge in [0.05, 0.1) is 46.5 Å². The van der Waals surface area contributed by atoms with Crippen LogP contribution in [0, 0.1) is 0 Å². The van der Waals surface area contributed by atoms with Crippen molar-refractivity contribution in [2.75, 3.05) is 30.4 Å². The minimum atomic E-state index is -3.44. The molecule has 1 aliphatic heterocycles. The van der Waals surface area contributed by atoms with Crippen LogP contribution in [0.25, 0.3) is 0 Å². The number of carbonyl (C=O) groups is 2. The molecule has 1 unspecified atom stereocenters. The molecule has 1 aromatic carbocycles. The molecule has 3 atom stereocenters. The van der Waals surface area contributed by atoms with E-state index >= 15 is 0 Å². The van der Waals surface area contributed by atoms with E-state index in [1.54, 1.807) is 23.1 Å². The molecule has 0 saturated carbocycles. The smallest absolute Gasteiger partial charge is 0.404 e. The zero-order valence-electron chi connectivity index (χ0n) is 23.4. The van der Waals surface area contributed by atoms with E-state index in [1.165, 1.54) is 49.6 Å². The molecular formula is C28H30ClF2N5O7S. The summed E-state index contributed by atoms with van der Waals surface area (Å²) in [6.45, 7) is -1.73. The van der Waals surface area contributed by atoms with Gasteiger partial charge in [-0.15, -0.1) is 0 Å². The van der Waals surface area contributed by atoms with Gasteiger partial charge in [0, 0.05) is 24.9 Å². The Morgan fingerprint density at radius 1 is 1.11 bits per heavy atom. The van der Waals surface area contributed by atoms with Crippen molar-refractivity contribution in [3.8, 4) is 5.88 Å². The Hall–Kier alpha value is -4.08. The number of aromatic nitrogens is 2. The Balaban J connectivity index is 1.48. The fourth-order valence-corrected chi connectivity index (χ4v) is 5.57. The predicted molar refractivity (Wildman–Crippen MR) is 156 cm³/mol. The number of nitrogens with two attached hydrogens (primary N) is 1. The molecule has 12 nitrogen and oxygen atoms in total. The summed E-state index contributed by atoms with van der Waals surface area (Å²) in [7, 11) is -3.44. The van der Waals surface area contributed by atoms with Crippen molar-refractivity contribution in [1.82, 2.24) is 15.3 Å². The number of halogens is 3. The molecule has 4 rings (SSSR count). The average molecular weight is 654 g/mol. The summed E-state index contributed by atoms with van der Waals surface area (Å²) in [4.78, 5) is 34.7. The van der Waals surface area contributed by atoms with Crippen LogP contribution in [0.1, 0.15) is 35.3 Å². The van der Waals surface area contributed by atoms with E-state index in [2.05, 4.69) is 20.0 Å². The molecule has 236 valence electrons. The Labute approximate surface area is 257 Å². The minimum Gasteiger partial charge on any atom is -0.472 e. The van der Waals surface area contributed by atoms with E-state index in [0.717, 1.165) is 0 Å². The molecule has 3 heterocycles. The third-order valence-corrected chi connectivity index (χ3v) is 8.78. The van der Waals surface area contributed by atoms with Crippen molar-refractivity contribution in [1.29, 1.82) is 0 Å². The first kappa shape index (κ1) is 32.8. The number of nitrogens with one attached hydrogen (secondary N) is 1. The van der Waals surface area contributed by atoms with Gasteiger partial charge in [-0.3, -0.25) is 4.79 Å². The number of anilines is 1. The van der Waals surface area contributed by atoms with Gasteiger partial charge in [0.25, 0.3) is 5.91 Å². The molecule has 2 amide bonds. The molecule has 0 spiro atoms. The van der Waals surface area contributed by atoms with Crippen LogP contribution in [0.2, 0.25) is 5.02 Å². The Morgan fingerprint density at radius 3 is 2.45 bits per heavy atom. The lowest BCUT2D eigenvalue weighted by atomic mass is 10.1. The van der Waals surface area contributed by atoms with Crippen molar-refractivity contribution < 1.29 is 41.0 Å². The van der Waals surface area contributed by atoms with Gasteiger partial charge in [-0.25, -0.2) is 23.2 Å². The van der Waals surface area contributed by atoms with Crippen molar-refractivity contribution in [3.05, 3.63) is 77.1 Å². The predicted octanol–water partition coefficient (Wildman–Crippen LogP) is 3.76. The summed E-state index contributed by atoms with van der Waals surface area (Å²) < 4.78 is 65.4. The number of amides is 2. The van der Waals surface area contributed by atoms with Crippen molar-refractivity contribution in [3.63, 3.8) is 0 Å². The molecule has 16 heteroatoms. The first-order valence-electron chi connectivity index (χ1n) is 13.4. The Bertz CT molecular complexity index is 1530. The van der Waals surface area contributed by atoms with Gasteiger partial charge in [0.15, 0.2) is 9.84 Å². The largest absolute Gasteiger partial charge is 0.472 e. The number of pyridine rings is 2. The first-order valence-corrected chi connectivity index (χ1v) is 15.4. The highest BCUT2D eigenvalue weighted by Crippen LogP contribution is 2.28. The van der Waals surface area contributed by atoms with Crippen LogP contribution in [0.3, 0.4) is 0 Å². The maximum absolute atomic E-state index is 13.1. The number of benzene rings is 1. The maximum atomic E-state index is 13.1. The number of sulfone groups is 1. The van der Waals surface area contributed by atoms with Gasteiger partial charge in [-0.05, 0) is 35.9 Å². The Kier molecular flexibility index (Phi) is 10.9. The highest BCUT2D eigenvalue weighted by atomic mass is 35.5. The van der Waals surface area contributed by atoms with Crippen molar-refractivity contribution >= 4 is 39.3 Å². The zero-order chi connectivity index (χ0) is 31.9. The molecule has 3 N–H and O–H groups in total. The fraction of sp³-hybridized carbons (Fsp3) is 0.357. The lowest BCUT2D eigenvalue weighted by Gasteiger charge is -2.25. The first-order chi connectivity index (χ1) is 20.9. The van der Waals surface area contributed by atoms with E-state index in [4.69, 9.17) is 26.8 Å². The molecule has 1 aliphatic rings. The number of nitrogens with zero attached hydrogens (tertiary/aromatic N) is 3. The number of primary amides is 1. The standard InChI is InChI=1S/C28H30ClF2N5O7S/c1-2-44(39,40)22-7-3-17(4-8-22)23(16-42-28(32)38)35-26(37)18-5-9-24(33-12-18)36-14-21(11-20(36)15-41-27(30)31)43-25-10-6-19(29)13-34-25/h3-10,12-13,20-21,23,27H,2,11,14-16H2,1H3,(H2,32,38)(H,35,37)/t20?,21-,23-/m0/s1. The summed E-state index contributed by atoms with van der Waals surface area (Å²) in [6.07, 6.45) is 1.63. The summed E-state index contributed by atoms with van der Waals surface area (Å²) in [5.41, 5.74) is 5.73. The van der Waals surface area contributed by atoms with Gasteiger partial charge in [-0.2, -0.15) is 8.78 Å². The topological polar surface area (TPSA) is 163 Å². The highest BCUT2D eigenvalue weighted by molar-refractivity contribution is 7.91. The summed E-state index contributed by atoms with van der Waals surface area (Å²) in [6, 6.07) is 10.7. The SMILES string of the molecule is CCS(=O)(=O)c1ccc([C@H](COC(N)=O)NC(=O)c2ccc(N3C[C@@H](Oc4ccc(Cl)cn4)CC3COC(F)F)nc2)cc1. The molecule has 1 saturated heterocycles. The average Bonchev–Trinajstić information content (AvgIpc) is 3.41. The van der Waals surface area contributed by atoms with Crippen molar-refractivity contribution in [2.45, 2.75) is 43.0 Å². The van der Waals surface area contributed by atoms with Crippen LogP contribution in [0.5, 0.6) is 5.88 Å². The summed E-state index contributed by atoms with van der Waals surface area (Å²) in [5.74, 6) is 0.0823. The quantitative estimate of drug-likeness (QED) is 0.278. The lowest BCUT2D eigenvalue weighted by Crippen LogP contribution is -2.35. The maximum Gasteiger partial charge on any atom is 0.404 e. The van der Waals surface area contributed by atoms with Crippen LogP contribution in [-0.2, 0) is 19.3 Å². The molecule has 3 aromatic rings. The normalized spacial score (nSPS) is 17.3. The minimum absolute atomic E-state index is 0.0784. The van der Waals surface area contributed by atoms with E-state index < -0.39 is 46.6 Å². The van der Waals surface area contributed by atoms with Crippen molar-refractivity contribution in [2.24, 2.45) is 5.73 Å². The van der Waals surface area contributed by atoms with Crippen LogP contribution in [0.4, 0.5) is 19.4 Å². The van der Waals surface area contributed by atoms with Crippen LogP contribution >= 0.6 is 11.6 Å². The zero-order valence-corrected chi connectivity index (χ0v) is 25.0. The van der Waals surface area contributed by atoms with E-state index in [0.29, 0.717) is 28.7 Å². The monoisotopic (exact) mass is 653 g/mol. The molecule has 0 radical (unpaired) electrons. The number of hydrogen-bond donors (Lipinski definition) is 2. The molecule has 0 bridgehead atoms. The van der Waals surface area contributed by atoms with Crippen LogP contribution in [-0.4, -0.2) is 74.7 Å². The highest BCUT2D eigenvalue weighted by Gasteiger charge is 2.35. The number of carbonyl (C=O) groups excluding carboxylic acids is 2. The fourth-order valence-electron chi connectivity index (χ4n) is 4.58. The number of hydrogen-bond acceptors (Lipinski definition) is 10. The molecular weight excluding hydrogens is 624 g/mol. The van der Waals surface area contributed by atoms with Gasteiger partial charge < -0.3 is 30.2 Å². The number of ether oxygens (including phenoxy) is 3. The van der Waals surface area contributed by atoms with Gasteiger partial charge in [0.1, 0.15) is 18.5 Å². The number of rotatable bonds is 13. The second-order valence-electron chi connectivity index (χ2n) is 9.72. The second-order valence-corrected chi connectivity index (χ2v) is 12.4. The third-order valence-electron chi connectivity index (χ3n) is 6.80. The summed E-state index contributed by atoms with van der Waals surface area (Å²) >= 11 is 5.88. The van der Waals surface area contributed by atoms with Crippen LogP contribution in [0.15, 0.2) is 65.8 Å². The molecule has 44 heavy (non-hydrogen) atoms. The Morgan fingerprint density at radius 2 is 1.86 bits per heavy atom. The molecule has 1 fully saturated rings. The van der Waals surface area contributed by atoms with Gasteiger partial charge in [-0.1, -0.05) is 30.7 Å². The van der Waals surface area contributed by atoms with Gasteiger partial charge in [0.2, 0.25) is 5.88 Å². The van der Waals surface area contributed by atoms with E-state index in [9.17, 15) is 26.8 Å².